The van der Waals surface area contributed by atoms with Crippen LogP contribution in [-0.2, 0) is 25.6 Å². The Morgan fingerprint density at radius 3 is 2.38 bits per heavy atom. The summed E-state index contributed by atoms with van der Waals surface area (Å²) in [5.41, 5.74) is 0.562. The number of benzene rings is 1. The number of halogens is 2. The van der Waals surface area contributed by atoms with Gasteiger partial charge in [0.1, 0.15) is 6.04 Å². The van der Waals surface area contributed by atoms with Gasteiger partial charge in [0.05, 0.1) is 25.2 Å². The molecule has 1 aromatic carbocycles. The number of hydrogen-bond donors (Lipinski definition) is 2. The zero-order chi connectivity index (χ0) is 29.9. The fraction of sp³-hybridized carbons (Fsp3) is 0.700. The van der Waals surface area contributed by atoms with Crippen molar-refractivity contribution >= 4 is 17.9 Å². The minimum Gasteiger partial charge on any atom is -0.465 e. The topological polar surface area (TPSA) is 112 Å². The van der Waals surface area contributed by atoms with Crippen molar-refractivity contribution in [2.75, 3.05) is 59.1 Å². The Morgan fingerprint density at radius 1 is 1.07 bits per heavy atom. The lowest BCUT2D eigenvalue weighted by atomic mass is 9.71. The van der Waals surface area contributed by atoms with Crippen molar-refractivity contribution in [1.29, 1.82) is 0 Å². The summed E-state index contributed by atoms with van der Waals surface area (Å²) < 4.78 is 38.8. The zero-order valence-electron chi connectivity index (χ0n) is 24.2. The summed E-state index contributed by atoms with van der Waals surface area (Å²) in [5, 5.41) is 12.5. The number of nitrogens with zero attached hydrogens (tertiary/aromatic N) is 3. The fourth-order valence-electron chi connectivity index (χ4n) is 6.83. The molecule has 12 heteroatoms. The van der Waals surface area contributed by atoms with Gasteiger partial charge >= 0.3 is 6.09 Å². The Labute approximate surface area is 245 Å². The van der Waals surface area contributed by atoms with E-state index in [1.54, 1.807) is 11.8 Å². The molecule has 0 aromatic heterocycles. The maximum Gasteiger partial charge on any atom is 0.407 e. The van der Waals surface area contributed by atoms with Crippen molar-refractivity contribution in [3.8, 4) is 0 Å². The van der Waals surface area contributed by atoms with Gasteiger partial charge in [-0.05, 0) is 31.2 Å². The number of morpholine rings is 1. The molecule has 0 bridgehead atoms. The van der Waals surface area contributed by atoms with E-state index in [-0.39, 0.29) is 50.3 Å². The minimum absolute atomic E-state index is 0.0245. The molecule has 1 aromatic rings. The molecule has 0 radical (unpaired) electrons. The molecule has 1 aliphatic carbocycles. The average Bonchev–Trinajstić information content (AvgIpc) is 3.34. The van der Waals surface area contributed by atoms with Crippen LogP contribution in [0.3, 0.4) is 0 Å². The molecule has 3 aliphatic heterocycles. The fourth-order valence-corrected chi connectivity index (χ4v) is 6.83. The number of nitrogens with one attached hydrogen (secondary N) is 1. The number of hydrogen-bond acceptors (Lipinski definition) is 6. The SMILES string of the molecule is C[C@@H](OCC1CCC(F)(F)CC1)[C@H](NC(=O)[C@@H]1CN(Cc2ccccc2)CC12CN(C(=O)O)C2)C(=O)N1CCOCC1. The van der Waals surface area contributed by atoms with Gasteiger partial charge in [-0.3, -0.25) is 14.5 Å². The number of carboxylic acid groups (broad SMARTS) is 1. The molecule has 0 unspecified atom stereocenters. The van der Waals surface area contributed by atoms with E-state index in [1.165, 1.54) is 4.90 Å². The monoisotopic (exact) mass is 592 g/mol. The minimum atomic E-state index is -2.63. The number of carbonyl (C=O) groups is 3. The maximum absolute atomic E-state index is 14.0. The highest BCUT2D eigenvalue weighted by atomic mass is 19.3. The largest absolute Gasteiger partial charge is 0.465 e. The summed E-state index contributed by atoms with van der Waals surface area (Å²) >= 11 is 0. The van der Waals surface area contributed by atoms with Crippen LogP contribution in [0.5, 0.6) is 0 Å². The Hall–Kier alpha value is -2.83. The van der Waals surface area contributed by atoms with Crippen LogP contribution in [0, 0.1) is 17.3 Å². The first kappa shape index (κ1) is 30.6. The van der Waals surface area contributed by atoms with Gasteiger partial charge in [0.2, 0.25) is 17.7 Å². The highest BCUT2D eigenvalue weighted by Crippen LogP contribution is 2.44. The standard InChI is InChI=1S/C30H42F2N4O6/c1-21(42-17-23-7-9-30(31,32)10-8-23)25(27(38)35-11-13-41-14-12-35)33-26(37)24-16-34(15-22-5-3-2-4-6-22)18-29(24)19-36(20-29)28(39)40/h2-6,21,23-25H,7-20H2,1H3,(H,33,37)(H,39,40)/t21-,24+,25+/m1/s1. The number of ether oxygens (including phenoxy) is 2. The van der Waals surface area contributed by atoms with E-state index < -0.39 is 35.5 Å². The normalized spacial score (nSPS) is 25.5. The van der Waals surface area contributed by atoms with E-state index in [4.69, 9.17) is 9.47 Å². The first-order chi connectivity index (χ1) is 20.1. The Kier molecular flexibility index (Phi) is 9.34. The quantitative estimate of drug-likeness (QED) is 0.454. The molecule has 3 amide bonds. The zero-order valence-corrected chi connectivity index (χ0v) is 24.2. The first-order valence-electron chi connectivity index (χ1n) is 15.0. The molecular weight excluding hydrogens is 550 g/mol. The molecule has 232 valence electrons. The molecule has 1 saturated carbocycles. The van der Waals surface area contributed by atoms with Gasteiger partial charge in [0, 0.05) is 70.7 Å². The molecule has 5 rings (SSSR count). The van der Waals surface area contributed by atoms with Gasteiger partial charge in [-0.2, -0.15) is 0 Å². The lowest BCUT2D eigenvalue weighted by Gasteiger charge is -2.49. The van der Waals surface area contributed by atoms with Crippen LogP contribution in [0.1, 0.15) is 38.2 Å². The smallest absolute Gasteiger partial charge is 0.407 e. The second kappa shape index (κ2) is 12.8. The summed E-state index contributed by atoms with van der Waals surface area (Å²) in [7, 11) is 0. The lowest BCUT2D eigenvalue weighted by Crippen LogP contribution is -2.65. The summed E-state index contributed by atoms with van der Waals surface area (Å²) in [5.74, 6) is -3.72. The van der Waals surface area contributed by atoms with Crippen LogP contribution in [0.2, 0.25) is 0 Å². The first-order valence-corrected chi connectivity index (χ1v) is 15.0. The Balaban J connectivity index is 1.28. The number of amides is 3. The lowest BCUT2D eigenvalue weighted by molar-refractivity contribution is -0.147. The highest BCUT2D eigenvalue weighted by Gasteiger charge is 2.58. The third-order valence-corrected chi connectivity index (χ3v) is 9.35. The second-order valence-electron chi connectivity index (χ2n) is 12.5. The molecule has 3 saturated heterocycles. The Bertz CT molecular complexity index is 1100. The summed E-state index contributed by atoms with van der Waals surface area (Å²) in [6, 6.07) is 8.95. The van der Waals surface area contributed by atoms with Crippen LogP contribution < -0.4 is 5.32 Å². The van der Waals surface area contributed by atoms with Gasteiger partial charge in [-0.1, -0.05) is 30.3 Å². The summed E-state index contributed by atoms with van der Waals surface area (Å²) in [6.07, 6.45) is -1.31. The van der Waals surface area contributed by atoms with E-state index in [0.717, 1.165) is 5.56 Å². The van der Waals surface area contributed by atoms with Crippen LogP contribution >= 0.6 is 0 Å². The highest BCUT2D eigenvalue weighted by molar-refractivity contribution is 5.90. The van der Waals surface area contributed by atoms with E-state index in [2.05, 4.69) is 10.2 Å². The van der Waals surface area contributed by atoms with Crippen LogP contribution in [0.15, 0.2) is 30.3 Å². The molecule has 3 heterocycles. The predicted octanol–water partition coefficient (Wildman–Crippen LogP) is 2.67. The van der Waals surface area contributed by atoms with Crippen LogP contribution in [0.4, 0.5) is 13.6 Å². The molecular formula is C30H42F2N4O6. The Morgan fingerprint density at radius 2 is 1.74 bits per heavy atom. The number of likely N-dealkylation sites (tertiary alicyclic amines) is 2. The maximum atomic E-state index is 14.0. The van der Waals surface area contributed by atoms with E-state index in [9.17, 15) is 28.3 Å². The number of alkyl halides is 2. The van der Waals surface area contributed by atoms with Crippen LogP contribution in [-0.4, -0.2) is 115 Å². The van der Waals surface area contributed by atoms with Crippen molar-refractivity contribution < 1.29 is 37.7 Å². The third-order valence-electron chi connectivity index (χ3n) is 9.35. The van der Waals surface area contributed by atoms with Gasteiger partial charge < -0.3 is 29.7 Å². The van der Waals surface area contributed by atoms with Crippen molar-refractivity contribution in [3.63, 3.8) is 0 Å². The van der Waals surface area contributed by atoms with E-state index in [0.29, 0.717) is 58.8 Å². The van der Waals surface area contributed by atoms with E-state index in [1.807, 2.05) is 30.3 Å². The summed E-state index contributed by atoms with van der Waals surface area (Å²) in [6.45, 7) is 5.76. The molecule has 2 N–H and O–H groups in total. The number of rotatable bonds is 9. The van der Waals surface area contributed by atoms with Gasteiger partial charge in [-0.25, -0.2) is 13.6 Å². The van der Waals surface area contributed by atoms with Crippen molar-refractivity contribution in [2.45, 2.75) is 57.2 Å². The predicted molar refractivity (Wildman–Crippen MR) is 149 cm³/mol. The third kappa shape index (κ3) is 7.03. The van der Waals surface area contributed by atoms with Gasteiger partial charge in [0.25, 0.3) is 0 Å². The summed E-state index contributed by atoms with van der Waals surface area (Å²) in [4.78, 5) is 44.5. The van der Waals surface area contributed by atoms with Gasteiger partial charge in [-0.15, -0.1) is 0 Å². The van der Waals surface area contributed by atoms with E-state index >= 15 is 0 Å². The van der Waals surface area contributed by atoms with Crippen molar-refractivity contribution in [2.24, 2.45) is 17.3 Å². The number of carbonyl (C=O) groups excluding carboxylic acids is 2. The van der Waals surface area contributed by atoms with Gasteiger partial charge in [0.15, 0.2) is 0 Å². The second-order valence-corrected chi connectivity index (χ2v) is 12.5. The van der Waals surface area contributed by atoms with Crippen molar-refractivity contribution in [3.05, 3.63) is 35.9 Å². The molecule has 4 aliphatic rings. The molecule has 10 nitrogen and oxygen atoms in total. The average molecular weight is 593 g/mol. The molecule has 3 atom stereocenters. The molecule has 1 spiro atoms. The molecule has 4 fully saturated rings. The van der Waals surface area contributed by atoms with Crippen molar-refractivity contribution in [1.82, 2.24) is 20.0 Å². The molecule has 42 heavy (non-hydrogen) atoms. The van der Waals surface area contributed by atoms with Crippen LogP contribution in [0.25, 0.3) is 0 Å².